The predicted molar refractivity (Wildman–Crippen MR) is 170 cm³/mol. The standard InChI is InChI=1S/C29H41NO3S.C5H11F/c1-3-30(19-10-20-34(2)33)18-7-5-4-6-14-29-27(23-11-8-13-25(31)21-23)15-9-12-24-22-26(32)16-17-28(24)29;1-4-5(2,3)6/h8,11,13,16-17,21-22,31-32H,3-7,9-10,12,14-15,18-20H2,1-2H3;4H2,1-3H3. The van der Waals surface area contributed by atoms with Crippen molar-refractivity contribution in [2.75, 3.05) is 31.6 Å². The highest BCUT2D eigenvalue weighted by molar-refractivity contribution is 7.84. The van der Waals surface area contributed by atoms with Gasteiger partial charge in [-0.15, -0.1) is 0 Å². The normalized spacial score (nSPS) is 14.4. The van der Waals surface area contributed by atoms with E-state index in [2.05, 4.69) is 24.0 Å². The summed E-state index contributed by atoms with van der Waals surface area (Å²) in [5.74, 6) is 1.45. The van der Waals surface area contributed by atoms with Gasteiger partial charge in [-0.25, -0.2) is 4.39 Å². The summed E-state index contributed by atoms with van der Waals surface area (Å²) in [5, 5.41) is 20.1. The van der Waals surface area contributed by atoms with Crippen LogP contribution in [-0.2, 0) is 17.2 Å². The Morgan fingerprint density at radius 2 is 1.60 bits per heavy atom. The minimum absolute atomic E-state index is 0.310. The Morgan fingerprint density at radius 3 is 2.25 bits per heavy atom. The number of unbranched alkanes of at least 4 members (excludes halogenated alkanes) is 3. The molecular formula is C34H52FNO3S. The Kier molecular flexibility index (Phi) is 15.0. The molecule has 1 aliphatic rings. The van der Waals surface area contributed by atoms with Crippen molar-refractivity contribution in [2.45, 2.75) is 97.6 Å². The summed E-state index contributed by atoms with van der Waals surface area (Å²) in [7, 11) is -0.692. The largest absolute Gasteiger partial charge is 0.508 e. The van der Waals surface area contributed by atoms with Crippen LogP contribution in [-0.4, -0.2) is 56.6 Å². The predicted octanol–water partition coefficient (Wildman–Crippen LogP) is 8.53. The molecule has 40 heavy (non-hydrogen) atoms. The second-order valence-electron chi connectivity index (χ2n) is 11.5. The van der Waals surface area contributed by atoms with Crippen LogP contribution in [0.25, 0.3) is 11.1 Å². The Hall–Kier alpha value is -2.18. The summed E-state index contributed by atoms with van der Waals surface area (Å²) in [4.78, 5) is 2.48. The number of halogens is 1. The highest BCUT2D eigenvalue weighted by Crippen LogP contribution is 2.40. The molecule has 0 aliphatic heterocycles. The highest BCUT2D eigenvalue weighted by Gasteiger charge is 2.19. The molecule has 1 aliphatic carbocycles. The van der Waals surface area contributed by atoms with Crippen molar-refractivity contribution in [3.8, 4) is 11.5 Å². The number of alkyl halides is 1. The van der Waals surface area contributed by atoms with Gasteiger partial charge in [-0.3, -0.25) is 4.21 Å². The van der Waals surface area contributed by atoms with Gasteiger partial charge in [0.1, 0.15) is 17.2 Å². The van der Waals surface area contributed by atoms with E-state index >= 15 is 0 Å². The number of phenolic OH excluding ortho intramolecular Hbond substituents is 2. The van der Waals surface area contributed by atoms with E-state index in [1.165, 1.54) is 41.5 Å². The second kappa shape index (κ2) is 17.6. The van der Waals surface area contributed by atoms with E-state index in [1.54, 1.807) is 32.2 Å². The summed E-state index contributed by atoms with van der Waals surface area (Å²) in [6.45, 7) is 10.4. The van der Waals surface area contributed by atoms with Gasteiger partial charge in [0.25, 0.3) is 0 Å². The Bertz CT molecular complexity index is 1090. The van der Waals surface area contributed by atoms with E-state index in [0.717, 1.165) is 69.5 Å². The van der Waals surface area contributed by atoms with Gasteiger partial charge < -0.3 is 15.1 Å². The van der Waals surface area contributed by atoms with Crippen LogP contribution in [0.5, 0.6) is 11.5 Å². The molecule has 2 aromatic carbocycles. The number of benzene rings is 2. The number of rotatable bonds is 14. The Balaban J connectivity index is 0.000000840. The number of fused-ring (bicyclic) bond motifs is 1. The quantitative estimate of drug-likeness (QED) is 0.222. The highest BCUT2D eigenvalue weighted by atomic mass is 32.2. The van der Waals surface area contributed by atoms with Gasteiger partial charge in [0.15, 0.2) is 0 Å². The van der Waals surface area contributed by atoms with Crippen molar-refractivity contribution in [2.24, 2.45) is 0 Å². The lowest BCUT2D eigenvalue weighted by Crippen LogP contribution is -2.26. The van der Waals surface area contributed by atoms with Gasteiger partial charge in [-0.05, 0) is 137 Å². The maximum Gasteiger partial charge on any atom is 0.116 e. The molecule has 3 rings (SSSR count). The van der Waals surface area contributed by atoms with Gasteiger partial charge >= 0.3 is 0 Å². The zero-order valence-corrected chi connectivity index (χ0v) is 26.3. The minimum Gasteiger partial charge on any atom is -0.508 e. The van der Waals surface area contributed by atoms with E-state index in [-0.39, 0.29) is 0 Å². The first-order chi connectivity index (χ1) is 19.0. The first kappa shape index (κ1) is 34.0. The molecule has 0 heterocycles. The lowest BCUT2D eigenvalue weighted by Gasteiger charge is -2.20. The Morgan fingerprint density at radius 1 is 0.925 bits per heavy atom. The van der Waals surface area contributed by atoms with Gasteiger partial charge in [0.2, 0.25) is 0 Å². The third kappa shape index (κ3) is 12.6. The maximum atomic E-state index is 12.1. The number of phenols is 2. The van der Waals surface area contributed by atoms with Crippen LogP contribution in [0.3, 0.4) is 0 Å². The first-order valence-electron chi connectivity index (χ1n) is 15.1. The number of allylic oxidation sites excluding steroid dienone is 2. The molecule has 0 saturated heterocycles. The van der Waals surface area contributed by atoms with Crippen molar-refractivity contribution >= 4 is 21.9 Å². The van der Waals surface area contributed by atoms with Gasteiger partial charge in [0, 0.05) is 22.8 Å². The first-order valence-corrected chi connectivity index (χ1v) is 16.8. The lowest BCUT2D eigenvalue weighted by molar-refractivity contribution is 0.210. The molecule has 6 heteroatoms. The van der Waals surface area contributed by atoms with Crippen molar-refractivity contribution in [1.82, 2.24) is 4.90 Å². The summed E-state index contributed by atoms with van der Waals surface area (Å²) in [6, 6.07) is 13.5. The van der Waals surface area contributed by atoms with Crippen LogP contribution in [0.2, 0.25) is 0 Å². The zero-order chi connectivity index (χ0) is 29.5. The van der Waals surface area contributed by atoms with Gasteiger partial charge in [-0.2, -0.15) is 0 Å². The number of aromatic hydroxyl groups is 2. The van der Waals surface area contributed by atoms with Crippen molar-refractivity contribution < 1.29 is 18.8 Å². The molecule has 0 spiro atoms. The number of hydrogen-bond acceptors (Lipinski definition) is 4. The van der Waals surface area contributed by atoms with Gasteiger partial charge in [-0.1, -0.05) is 44.9 Å². The van der Waals surface area contributed by atoms with Crippen LogP contribution in [0.15, 0.2) is 42.5 Å². The minimum atomic E-state index is -0.958. The fraction of sp³-hybridized carbons (Fsp3) is 0.588. The summed E-state index contributed by atoms with van der Waals surface area (Å²) in [6.07, 6.45) is 12.2. The molecule has 0 aromatic heterocycles. The molecule has 4 nitrogen and oxygen atoms in total. The van der Waals surface area contributed by atoms with E-state index in [0.29, 0.717) is 17.9 Å². The smallest absolute Gasteiger partial charge is 0.116 e. The molecule has 2 aromatic rings. The van der Waals surface area contributed by atoms with E-state index < -0.39 is 16.5 Å². The summed E-state index contributed by atoms with van der Waals surface area (Å²) >= 11 is 0. The molecular weight excluding hydrogens is 521 g/mol. The molecule has 0 amide bonds. The third-order valence-corrected chi connectivity index (χ3v) is 8.55. The molecule has 0 bridgehead atoms. The zero-order valence-electron chi connectivity index (χ0n) is 25.5. The molecule has 0 fully saturated rings. The third-order valence-electron chi connectivity index (χ3n) is 7.69. The average molecular weight is 574 g/mol. The molecule has 0 radical (unpaired) electrons. The molecule has 2 N–H and O–H groups in total. The van der Waals surface area contributed by atoms with E-state index in [1.807, 2.05) is 25.1 Å². The number of nitrogens with zero attached hydrogens (tertiary/aromatic N) is 1. The molecule has 0 saturated carbocycles. The molecule has 1 unspecified atom stereocenters. The number of hydrogen-bond donors (Lipinski definition) is 2. The molecule has 224 valence electrons. The van der Waals surface area contributed by atoms with Gasteiger partial charge in [0.05, 0.1) is 0 Å². The summed E-state index contributed by atoms with van der Waals surface area (Å²) < 4.78 is 23.4. The van der Waals surface area contributed by atoms with Crippen LogP contribution < -0.4 is 0 Å². The maximum absolute atomic E-state index is 12.1. The lowest BCUT2D eigenvalue weighted by atomic mass is 9.89. The van der Waals surface area contributed by atoms with Crippen molar-refractivity contribution in [1.29, 1.82) is 0 Å². The monoisotopic (exact) mass is 573 g/mol. The molecule has 1 atom stereocenters. The van der Waals surface area contributed by atoms with E-state index in [4.69, 9.17) is 0 Å². The average Bonchev–Trinajstić information content (AvgIpc) is 3.08. The fourth-order valence-electron chi connectivity index (χ4n) is 5.06. The van der Waals surface area contributed by atoms with Crippen LogP contribution >= 0.6 is 0 Å². The summed E-state index contributed by atoms with van der Waals surface area (Å²) in [5.41, 5.74) is 5.37. The topological polar surface area (TPSA) is 60.8 Å². The van der Waals surface area contributed by atoms with Crippen molar-refractivity contribution in [3.63, 3.8) is 0 Å². The SMILES string of the molecule is CCC(C)(C)F.CCN(CCCCCCC1=C(c2cccc(O)c2)CCCc2cc(O)ccc21)CCCS(C)=O. The second-order valence-corrected chi connectivity index (χ2v) is 13.1. The van der Waals surface area contributed by atoms with Crippen LogP contribution in [0.4, 0.5) is 4.39 Å². The van der Waals surface area contributed by atoms with Crippen LogP contribution in [0, 0.1) is 0 Å². The van der Waals surface area contributed by atoms with Crippen molar-refractivity contribution in [3.05, 3.63) is 59.2 Å². The Labute approximate surface area is 245 Å². The van der Waals surface area contributed by atoms with E-state index in [9.17, 15) is 18.8 Å². The number of aryl methyl sites for hydroxylation is 1. The fourth-order valence-corrected chi connectivity index (χ4v) is 5.59. The van der Waals surface area contributed by atoms with Crippen LogP contribution in [0.1, 0.15) is 102 Å².